The molecule has 0 spiro atoms. The predicted octanol–water partition coefficient (Wildman–Crippen LogP) is 2.73. The van der Waals surface area contributed by atoms with Crippen molar-refractivity contribution in [2.24, 2.45) is 7.05 Å². The first-order valence-electron chi connectivity index (χ1n) is 8.51. The van der Waals surface area contributed by atoms with Crippen LogP contribution in [-0.2, 0) is 12.5 Å². The predicted molar refractivity (Wildman–Crippen MR) is 96.2 cm³/mol. The zero-order valence-electron chi connectivity index (χ0n) is 14.5. The molecule has 1 fully saturated rings. The first-order valence-corrected chi connectivity index (χ1v) is 8.51. The van der Waals surface area contributed by atoms with Crippen molar-refractivity contribution in [3.05, 3.63) is 47.9 Å². The largest absolute Gasteiger partial charge is 0.356 e. The molecule has 1 saturated heterocycles. The van der Waals surface area contributed by atoms with Crippen molar-refractivity contribution in [3.63, 3.8) is 0 Å². The van der Waals surface area contributed by atoms with Gasteiger partial charge in [0.05, 0.1) is 23.1 Å². The van der Waals surface area contributed by atoms with Crippen LogP contribution in [0.5, 0.6) is 0 Å². The zero-order valence-corrected chi connectivity index (χ0v) is 14.5. The molecule has 0 aliphatic carbocycles. The van der Waals surface area contributed by atoms with E-state index in [1.54, 1.807) is 4.68 Å². The number of rotatable bonds is 2. The van der Waals surface area contributed by atoms with E-state index in [1.165, 1.54) is 0 Å². The molecule has 0 unspecified atom stereocenters. The maximum absolute atomic E-state index is 9.86. The van der Waals surface area contributed by atoms with Crippen molar-refractivity contribution < 1.29 is 0 Å². The summed E-state index contributed by atoms with van der Waals surface area (Å²) in [4.78, 5) is 11.4. The van der Waals surface area contributed by atoms with Crippen molar-refractivity contribution in [1.82, 2.24) is 19.7 Å². The van der Waals surface area contributed by atoms with Crippen molar-refractivity contribution in [2.45, 2.75) is 25.2 Å². The fraction of sp³-hybridized carbons (Fsp3) is 0.368. The average Bonchev–Trinajstić information content (AvgIpc) is 3.03. The number of aromatic nitrogens is 4. The van der Waals surface area contributed by atoms with Gasteiger partial charge in [-0.2, -0.15) is 10.4 Å². The average molecular weight is 332 g/mol. The van der Waals surface area contributed by atoms with E-state index in [0.29, 0.717) is 0 Å². The molecule has 1 aliphatic heterocycles. The lowest BCUT2D eigenvalue weighted by Gasteiger charge is -2.38. The maximum Gasteiger partial charge on any atom is 0.163 e. The molecule has 6 heteroatoms. The normalized spacial score (nSPS) is 16.8. The number of fused-ring (bicyclic) bond motifs is 1. The van der Waals surface area contributed by atoms with Gasteiger partial charge in [-0.15, -0.1) is 0 Å². The SMILES string of the molecule is Cc1nc(N2CCC(C#N)(c3ccccc3)CC2)c2cnn(C)c2n1. The first-order chi connectivity index (χ1) is 12.1. The summed E-state index contributed by atoms with van der Waals surface area (Å²) in [5.41, 5.74) is 1.55. The Bertz CT molecular complexity index is 945. The summed E-state index contributed by atoms with van der Waals surface area (Å²) in [6.45, 7) is 3.50. The summed E-state index contributed by atoms with van der Waals surface area (Å²) >= 11 is 0. The third-order valence-electron chi connectivity index (χ3n) is 5.14. The van der Waals surface area contributed by atoms with E-state index in [1.807, 2.05) is 38.4 Å². The second kappa shape index (κ2) is 5.85. The molecule has 126 valence electrons. The number of hydrogen-bond donors (Lipinski definition) is 0. The minimum atomic E-state index is -0.409. The van der Waals surface area contributed by atoms with Gasteiger partial charge in [0.25, 0.3) is 0 Å². The second-order valence-corrected chi connectivity index (χ2v) is 6.65. The molecule has 2 aromatic heterocycles. The lowest BCUT2D eigenvalue weighted by Crippen LogP contribution is -2.42. The quantitative estimate of drug-likeness (QED) is 0.721. The number of anilines is 1. The van der Waals surface area contributed by atoms with Crippen LogP contribution in [-0.4, -0.2) is 32.8 Å². The highest BCUT2D eigenvalue weighted by atomic mass is 15.3. The van der Waals surface area contributed by atoms with Crippen LogP contribution in [0.4, 0.5) is 5.82 Å². The molecule has 3 aromatic rings. The molecule has 25 heavy (non-hydrogen) atoms. The number of benzene rings is 1. The van der Waals surface area contributed by atoms with E-state index in [2.05, 4.69) is 38.2 Å². The van der Waals surface area contributed by atoms with Gasteiger partial charge in [0.1, 0.15) is 11.6 Å². The van der Waals surface area contributed by atoms with Crippen LogP contribution in [0.15, 0.2) is 36.5 Å². The van der Waals surface area contributed by atoms with Gasteiger partial charge < -0.3 is 4.90 Å². The van der Waals surface area contributed by atoms with Gasteiger partial charge in [0, 0.05) is 20.1 Å². The molecule has 0 N–H and O–H groups in total. The van der Waals surface area contributed by atoms with E-state index in [0.717, 1.165) is 54.2 Å². The summed E-state index contributed by atoms with van der Waals surface area (Å²) in [6, 6.07) is 12.7. The highest BCUT2D eigenvalue weighted by Gasteiger charge is 2.37. The Morgan fingerprint density at radius 3 is 2.52 bits per heavy atom. The number of nitriles is 1. The smallest absolute Gasteiger partial charge is 0.163 e. The molecule has 6 nitrogen and oxygen atoms in total. The molecule has 0 radical (unpaired) electrons. The molecular weight excluding hydrogens is 312 g/mol. The van der Waals surface area contributed by atoms with Crippen molar-refractivity contribution in [3.8, 4) is 6.07 Å². The summed E-state index contributed by atoms with van der Waals surface area (Å²) in [5, 5.41) is 15.2. The molecule has 0 bridgehead atoms. The molecule has 0 saturated carbocycles. The topological polar surface area (TPSA) is 70.6 Å². The summed E-state index contributed by atoms with van der Waals surface area (Å²) in [6.07, 6.45) is 3.41. The molecule has 3 heterocycles. The Kier molecular flexibility index (Phi) is 3.65. The van der Waals surface area contributed by atoms with Gasteiger partial charge in [-0.25, -0.2) is 9.97 Å². The van der Waals surface area contributed by atoms with Crippen LogP contribution in [0.1, 0.15) is 24.2 Å². The monoisotopic (exact) mass is 332 g/mol. The van der Waals surface area contributed by atoms with Crippen molar-refractivity contribution in [2.75, 3.05) is 18.0 Å². The van der Waals surface area contributed by atoms with Gasteiger partial charge in [-0.1, -0.05) is 30.3 Å². The Labute approximate surface area is 146 Å². The van der Waals surface area contributed by atoms with Gasteiger partial charge in [0.2, 0.25) is 0 Å². The van der Waals surface area contributed by atoms with Crippen molar-refractivity contribution in [1.29, 1.82) is 5.26 Å². The standard InChI is InChI=1S/C19H20N6/c1-14-22-17-16(12-21-24(17)2)18(23-14)25-10-8-19(13-20,9-11-25)15-6-4-3-5-7-15/h3-7,12H,8-11H2,1-2H3. The fourth-order valence-electron chi connectivity index (χ4n) is 3.68. The number of nitrogens with zero attached hydrogens (tertiary/aromatic N) is 6. The van der Waals surface area contributed by atoms with Crippen LogP contribution in [0.3, 0.4) is 0 Å². The van der Waals surface area contributed by atoms with Crippen LogP contribution in [0.25, 0.3) is 11.0 Å². The first kappa shape index (κ1) is 15.6. The van der Waals surface area contributed by atoms with E-state index in [9.17, 15) is 5.26 Å². The minimum absolute atomic E-state index is 0.409. The molecule has 0 amide bonds. The van der Waals surface area contributed by atoms with Crippen LogP contribution in [0.2, 0.25) is 0 Å². The summed E-state index contributed by atoms with van der Waals surface area (Å²) in [5.74, 6) is 1.67. The molecule has 1 aromatic carbocycles. The third kappa shape index (κ3) is 2.52. The number of aryl methyl sites for hydroxylation is 2. The molecule has 1 aliphatic rings. The molecule has 4 rings (SSSR count). The van der Waals surface area contributed by atoms with E-state index in [-0.39, 0.29) is 0 Å². The highest BCUT2D eigenvalue weighted by Crippen LogP contribution is 2.37. The summed E-state index contributed by atoms with van der Waals surface area (Å²) in [7, 11) is 1.89. The zero-order chi connectivity index (χ0) is 17.4. The third-order valence-corrected chi connectivity index (χ3v) is 5.14. The molecule has 0 atom stereocenters. The summed E-state index contributed by atoms with van der Waals surface area (Å²) < 4.78 is 1.78. The van der Waals surface area contributed by atoms with Crippen LogP contribution < -0.4 is 4.90 Å². The molecular formula is C19H20N6. The van der Waals surface area contributed by atoms with Gasteiger partial charge in [-0.3, -0.25) is 4.68 Å². The maximum atomic E-state index is 9.86. The van der Waals surface area contributed by atoms with Crippen LogP contribution >= 0.6 is 0 Å². The van der Waals surface area contributed by atoms with E-state index in [4.69, 9.17) is 0 Å². The Hall–Kier alpha value is -2.94. The Morgan fingerprint density at radius 2 is 1.84 bits per heavy atom. The minimum Gasteiger partial charge on any atom is -0.356 e. The number of hydrogen-bond acceptors (Lipinski definition) is 5. The Morgan fingerprint density at radius 1 is 1.12 bits per heavy atom. The highest BCUT2D eigenvalue weighted by molar-refractivity contribution is 5.87. The van der Waals surface area contributed by atoms with Gasteiger partial charge in [0.15, 0.2) is 5.65 Å². The van der Waals surface area contributed by atoms with Crippen molar-refractivity contribution >= 4 is 16.9 Å². The van der Waals surface area contributed by atoms with E-state index >= 15 is 0 Å². The van der Waals surface area contributed by atoms with Gasteiger partial charge >= 0.3 is 0 Å². The fourth-order valence-corrected chi connectivity index (χ4v) is 3.68. The lowest BCUT2D eigenvalue weighted by atomic mass is 9.74. The second-order valence-electron chi connectivity index (χ2n) is 6.65. The van der Waals surface area contributed by atoms with Crippen LogP contribution in [0, 0.1) is 18.3 Å². The Balaban J connectivity index is 1.66. The van der Waals surface area contributed by atoms with Gasteiger partial charge in [-0.05, 0) is 25.3 Å². The number of piperidine rings is 1. The lowest BCUT2D eigenvalue weighted by molar-refractivity contribution is 0.414. The van der Waals surface area contributed by atoms with E-state index < -0.39 is 5.41 Å².